The van der Waals surface area contributed by atoms with E-state index >= 15 is 0 Å². The van der Waals surface area contributed by atoms with E-state index in [4.69, 9.17) is 5.11 Å². The molecule has 0 saturated carbocycles. The van der Waals surface area contributed by atoms with Crippen molar-refractivity contribution >= 4 is 11.6 Å². The first kappa shape index (κ1) is 13.1. The number of benzene rings is 1. The maximum Gasteiger partial charge on any atom is 0.227 e. The molecular formula is C15H21NO2. The molecule has 1 aliphatic heterocycles. The summed E-state index contributed by atoms with van der Waals surface area (Å²) in [5.74, 6) is 0.191. The highest BCUT2D eigenvalue weighted by molar-refractivity contribution is 5.95. The number of hydrogen-bond acceptors (Lipinski definition) is 2. The summed E-state index contributed by atoms with van der Waals surface area (Å²) < 4.78 is 0. The van der Waals surface area contributed by atoms with Gasteiger partial charge in [0.25, 0.3) is 0 Å². The lowest BCUT2D eigenvalue weighted by molar-refractivity contribution is -0.117. The average Bonchev–Trinajstić information content (AvgIpc) is 2.70. The number of anilines is 1. The Morgan fingerprint density at radius 1 is 1.39 bits per heavy atom. The smallest absolute Gasteiger partial charge is 0.227 e. The fourth-order valence-electron chi connectivity index (χ4n) is 2.29. The van der Waals surface area contributed by atoms with Crippen molar-refractivity contribution in [2.45, 2.75) is 32.6 Å². The van der Waals surface area contributed by atoms with Crippen LogP contribution >= 0.6 is 0 Å². The Bertz CT molecular complexity index is 448. The summed E-state index contributed by atoms with van der Waals surface area (Å²) in [6.07, 6.45) is 0.455. The molecule has 0 radical (unpaired) electrons. The first-order chi connectivity index (χ1) is 8.41. The van der Waals surface area contributed by atoms with E-state index in [1.165, 1.54) is 5.56 Å². The third-order valence-corrected chi connectivity index (χ3v) is 3.49. The molecule has 0 bridgehead atoms. The lowest BCUT2D eigenvalue weighted by Crippen LogP contribution is -2.25. The van der Waals surface area contributed by atoms with Crippen molar-refractivity contribution in [3.63, 3.8) is 0 Å². The Morgan fingerprint density at radius 2 is 2.11 bits per heavy atom. The van der Waals surface area contributed by atoms with Gasteiger partial charge in [0.1, 0.15) is 0 Å². The zero-order valence-electron chi connectivity index (χ0n) is 11.3. The predicted molar refractivity (Wildman–Crippen MR) is 72.7 cm³/mol. The second kappa shape index (κ2) is 4.73. The summed E-state index contributed by atoms with van der Waals surface area (Å²) in [5, 5.41) is 9.15. The number of carbonyl (C=O) groups excluding carboxylic acids is 1. The van der Waals surface area contributed by atoms with Gasteiger partial charge >= 0.3 is 0 Å². The van der Waals surface area contributed by atoms with E-state index in [1.54, 1.807) is 4.90 Å². The summed E-state index contributed by atoms with van der Waals surface area (Å²) >= 11 is 0. The Labute approximate surface area is 108 Å². The van der Waals surface area contributed by atoms with Crippen LogP contribution in [0, 0.1) is 5.92 Å². The maximum absolute atomic E-state index is 11.9. The van der Waals surface area contributed by atoms with E-state index in [0.717, 1.165) is 5.69 Å². The first-order valence-electron chi connectivity index (χ1n) is 6.43. The number of aliphatic hydroxyl groups excluding tert-OH is 1. The Kier molecular flexibility index (Phi) is 3.44. The normalized spacial score (nSPS) is 20.6. The van der Waals surface area contributed by atoms with E-state index in [9.17, 15) is 4.79 Å². The van der Waals surface area contributed by atoms with Crippen molar-refractivity contribution in [1.29, 1.82) is 0 Å². The third kappa shape index (κ3) is 2.56. The molecule has 1 aromatic rings. The molecule has 1 aromatic carbocycles. The van der Waals surface area contributed by atoms with Crippen molar-refractivity contribution in [2.75, 3.05) is 18.1 Å². The quantitative estimate of drug-likeness (QED) is 0.871. The van der Waals surface area contributed by atoms with Crippen LogP contribution in [0.4, 0.5) is 5.69 Å². The Balaban J connectivity index is 2.27. The van der Waals surface area contributed by atoms with Crippen LogP contribution in [0.15, 0.2) is 24.3 Å². The minimum absolute atomic E-state index is 0.0785. The van der Waals surface area contributed by atoms with Crippen LogP contribution < -0.4 is 4.90 Å². The van der Waals surface area contributed by atoms with Crippen LogP contribution in [0.25, 0.3) is 0 Å². The van der Waals surface area contributed by atoms with Gasteiger partial charge in [0.05, 0.1) is 0 Å². The van der Waals surface area contributed by atoms with Crippen molar-refractivity contribution in [3.8, 4) is 0 Å². The maximum atomic E-state index is 11.9. The molecule has 1 atom stereocenters. The minimum atomic E-state index is 0.0785. The monoisotopic (exact) mass is 247 g/mol. The van der Waals surface area contributed by atoms with Gasteiger partial charge in [0.15, 0.2) is 0 Å². The van der Waals surface area contributed by atoms with Gasteiger partial charge in [0, 0.05) is 31.2 Å². The lowest BCUT2D eigenvalue weighted by Gasteiger charge is -2.23. The van der Waals surface area contributed by atoms with Crippen LogP contribution in [-0.2, 0) is 10.2 Å². The molecule has 0 aliphatic carbocycles. The van der Waals surface area contributed by atoms with E-state index in [0.29, 0.717) is 13.0 Å². The largest absolute Gasteiger partial charge is 0.396 e. The molecule has 2 rings (SSSR count). The molecular weight excluding hydrogens is 226 g/mol. The summed E-state index contributed by atoms with van der Waals surface area (Å²) in [7, 11) is 0. The molecule has 18 heavy (non-hydrogen) atoms. The van der Waals surface area contributed by atoms with E-state index < -0.39 is 0 Å². The van der Waals surface area contributed by atoms with Gasteiger partial charge in [-0.25, -0.2) is 0 Å². The second-order valence-corrected chi connectivity index (χ2v) is 6.06. The van der Waals surface area contributed by atoms with Crippen LogP contribution in [0.1, 0.15) is 32.8 Å². The third-order valence-electron chi connectivity index (χ3n) is 3.49. The first-order valence-corrected chi connectivity index (χ1v) is 6.43. The lowest BCUT2D eigenvalue weighted by atomic mass is 9.87. The highest BCUT2D eigenvalue weighted by Gasteiger charge is 2.30. The van der Waals surface area contributed by atoms with E-state index in [1.807, 2.05) is 12.1 Å². The van der Waals surface area contributed by atoms with Crippen molar-refractivity contribution < 1.29 is 9.90 Å². The summed E-state index contributed by atoms with van der Waals surface area (Å²) in [6.45, 7) is 7.20. The van der Waals surface area contributed by atoms with Crippen LogP contribution in [-0.4, -0.2) is 24.2 Å². The van der Waals surface area contributed by atoms with Crippen LogP contribution in [0.2, 0.25) is 0 Å². The molecule has 1 heterocycles. The van der Waals surface area contributed by atoms with Crippen LogP contribution in [0.5, 0.6) is 0 Å². The van der Waals surface area contributed by atoms with Gasteiger partial charge < -0.3 is 10.0 Å². The number of nitrogens with zero attached hydrogens (tertiary/aromatic N) is 1. The molecule has 1 fully saturated rings. The highest BCUT2D eigenvalue weighted by atomic mass is 16.3. The number of amides is 1. The van der Waals surface area contributed by atoms with Gasteiger partial charge in [-0.05, 0) is 23.1 Å². The molecule has 3 nitrogen and oxygen atoms in total. The topological polar surface area (TPSA) is 40.5 Å². The fraction of sp³-hybridized carbons (Fsp3) is 0.533. The fourth-order valence-corrected chi connectivity index (χ4v) is 2.29. The Morgan fingerprint density at radius 3 is 2.67 bits per heavy atom. The molecule has 0 spiro atoms. The van der Waals surface area contributed by atoms with E-state index in [-0.39, 0.29) is 23.8 Å². The molecule has 1 N–H and O–H groups in total. The Hall–Kier alpha value is -1.35. The highest BCUT2D eigenvalue weighted by Crippen LogP contribution is 2.29. The van der Waals surface area contributed by atoms with Gasteiger partial charge in [-0.15, -0.1) is 0 Å². The van der Waals surface area contributed by atoms with Gasteiger partial charge in [-0.3, -0.25) is 4.79 Å². The summed E-state index contributed by atoms with van der Waals surface area (Å²) in [5.41, 5.74) is 2.25. The molecule has 1 aliphatic rings. The standard InChI is InChI=1S/C15H21NO2/c1-15(2,3)12-5-4-6-13(8-12)16-9-11(10-17)7-14(16)18/h4-6,8,11,17H,7,9-10H2,1-3H3. The predicted octanol–water partition coefficient (Wildman–Crippen LogP) is 2.33. The molecule has 1 saturated heterocycles. The number of hydrogen-bond donors (Lipinski definition) is 1. The molecule has 3 heteroatoms. The van der Waals surface area contributed by atoms with Gasteiger partial charge in [-0.1, -0.05) is 32.9 Å². The molecule has 1 amide bonds. The number of rotatable bonds is 2. The summed E-state index contributed by atoms with van der Waals surface area (Å²) in [4.78, 5) is 13.7. The van der Waals surface area contributed by atoms with Gasteiger partial charge in [0.2, 0.25) is 5.91 Å². The number of aliphatic hydroxyl groups is 1. The molecule has 1 unspecified atom stereocenters. The van der Waals surface area contributed by atoms with Crippen molar-refractivity contribution in [2.24, 2.45) is 5.92 Å². The van der Waals surface area contributed by atoms with Gasteiger partial charge in [-0.2, -0.15) is 0 Å². The van der Waals surface area contributed by atoms with E-state index in [2.05, 4.69) is 32.9 Å². The number of carbonyl (C=O) groups is 1. The van der Waals surface area contributed by atoms with Crippen molar-refractivity contribution in [1.82, 2.24) is 0 Å². The minimum Gasteiger partial charge on any atom is -0.396 e. The molecule has 98 valence electrons. The molecule has 0 aromatic heterocycles. The summed E-state index contributed by atoms with van der Waals surface area (Å²) in [6, 6.07) is 8.13. The zero-order chi connectivity index (χ0) is 13.3. The zero-order valence-corrected chi connectivity index (χ0v) is 11.3. The second-order valence-electron chi connectivity index (χ2n) is 6.06. The van der Waals surface area contributed by atoms with Crippen LogP contribution in [0.3, 0.4) is 0 Å². The van der Waals surface area contributed by atoms with Crippen molar-refractivity contribution in [3.05, 3.63) is 29.8 Å². The average molecular weight is 247 g/mol. The SMILES string of the molecule is CC(C)(C)c1cccc(N2CC(CO)CC2=O)c1.